The molecule has 0 aliphatic rings. The topological polar surface area (TPSA) is 80.1 Å². The summed E-state index contributed by atoms with van der Waals surface area (Å²) >= 11 is 0. The largest absolute Gasteiger partial charge is 0.491 e. The zero-order valence-electron chi connectivity index (χ0n) is 34.8. The van der Waals surface area contributed by atoms with Gasteiger partial charge in [0, 0.05) is 73.9 Å². The number of nitrogens with zero attached hydrogens (tertiary/aromatic N) is 2. The number of hydrogen-bond donors (Lipinski definition) is 0. The number of rotatable bonds is 28. The van der Waals surface area contributed by atoms with Gasteiger partial charge in [-0.2, -0.15) is 65.9 Å². The minimum absolute atomic E-state index is 0.0395. The minimum atomic E-state index is -6.15. The Kier molecular flexibility index (Phi) is 20.1. The maximum absolute atomic E-state index is 15.3. The molecule has 60 heavy (non-hydrogen) atoms. The molecular weight excluding hydrogens is 916 g/mol. The van der Waals surface area contributed by atoms with Crippen LogP contribution in [-0.2, 0) is 25.9 Å². The highest BCUT2D eigenvalue weighted by Gasteiger charge is 2.78. The number of alkyl halides is 17. The molecule has 2 atom stereocenters. The Bertz CT molecular complexity index is 1330. The predicted octanol–water partition coefficient (Wildman–Crippen LogP) is 11.3. The van der Waals surface area contributed by atoms with Crippen molar-refractivity contribution in [3.05, 3.63) is 0 Å². The molecule has 0 saturated heterocycles. The Hall–Kier alpha value is -1.44. The van der Waals surface area contributed by atoms with Crippen LogP contribution in [0.25, 0.3) is 0 Å². The summed E-state index contributed by atoms with van der Waals surface area (Å²) in [6.45, 7) is 0.802. The van der Waals surface area contributed by atoms with E-state index in [2.05, 4.69) is 9.98 Å². The summed E-state index contributed by atoms with van der Waals surface area (Å²) in [7, 11) is -8.80. The maximum Gasteiger partial charge on any atom is 0.491 e. The van der Waals surface area contributed by atoms with Crippen molar-refractivity contribution in [3.8, 4) is 0 Å². The van der Waals surface area contributed by atoms with Gasteiger partial charge in [-0.1, -0.05) is 13.8 Å². The van der Waals surface area contributed by atoms with Crippen molar-refractivity contribution in [2.75, 3.05) is 41.5 Å². The van der Waals surface area contributed by atoms with Gasteiger partial charge in [0.25, 0.3) is 0 Å². The lowest BCUT2D eigenvalue weighted by Crippen LogP contribution is -2.64. The molecule has 0 aromatic rings. The van der Waals surface area contributed by atoms with Crippen LogP contribution in [0.5, 0.6) is 0 Å². The fourth-order valence-electron chi connectivity index (χ4n) is 5.70. The van der Waals surface area contributed by atoms with Crippen molar-refractivity contribution in [1.29, 1.82) is 0 Å². The number of halogens is 17. The lowest BCUT2D eigenvalue weighted by Gasteiger charge is -2.41. The monoisotopic (exact) mass is 968 g/mol. The molecule has 28 heteroatoms. The molecule has 0 amide bonds. The van der Waals surface area contributed by atoms with Crippen LogP contribution in [0.15, 0.2) is 9.98 Å². The standard InChI is InChI=1S/C32H53F17N2O6Si3/c1-12-22(24(3,33)29(42,43)31(46,47)26(5,35)36)50-17-14-19-59(52-7,53-8)56-58(11,21-16-28(39,40)41)57-60(54-9,55-10)20-15-18-51-23(13-2)25(4,34)30(44,45)32(48,49)27(6,37)38/h12-21H2,1-11H3/b50-22+,51-23+. The Morgan fingerprint density at radius 3 is 0.967 bits per heavy atom. The van der Waals surface area contributed by atoms with E-state index in [0.717, 1.165) is 48.8 Å². The lowest BCUT2D eigenvalue weighted by atomic mass is 9.86. The molecule has 0 aliphatic carbocycles. The molecule has 0 saturated carbocycles. The van der Waals surface area contributed by atoms with Gasteiger partial charge in [0.05, 0.1) is 11.4 Å². The van der Waals surface area contributed by atoms with Crippen molar-refractivity contribution >= 4 is 37.6 Å². The van der Waals surface area contributed by atoms with Crippen LogP contribution in [-0.4, -0.2) is 132 Å². The molecule has 0 bridgehead atoms. The second-order valence-electron chi connectivity index (χ2n) is 14.3. The van der Waals surface area contributed by atoms with E-state index < -0.39 is 155 Å². The van der Waals surface area contributed by atoms with E-state index >= 15 is 8.78 Å². The van der Waals surface area contributed by atoms with Gasteiger partial charge >= 0.3 is 67.9 Å². The number of aliphatic imine (C=N–C) groups is 2. The summed E-state index contributed by atoms with van der Waals surface area (Å²) in [6.07, 6.45) is -8.53. The molecular formula is C32H53F17N2O6Si3. The van der Waals surface area contributed by atoms with Crippen LogP contribution in [0.2, 0.25) is 24.7 Å². The molecule has 0 N–H and O–H groups in total. The second-order valence-corrected chi connectivity index (χ2v) is 24.1. The normalized spacial score (nSPS) is 18.3. The van der Waals surface area contributed by atoms with Gasteiger partial charge in [-0.3, -0.25) is 9.98 Å². The molecule has 2 unspecified atom stereocenters. The average Bonchev–Trinajstić information content (AvgIpc) is 3.11. The fraction of sp³-hybridized carbons (Fsp3) is 0.938. The second kappa shape index (κ2) is 20.6. The van der Waals surface area contributed by atoms with Crippen molar-refractivity contribution in [1.82, 2.24) is 0 Å². The summed E-state index contributed by atoms with van der Waals surface area (Å²) in [5, 5.41) is 0. The lowest BCUT2D eigenvalue weighted by molar-refractivity contribution is -0.326. The first-order chi connectivity index (χ1) is 26.7. The van der Waals surface area contributed by atoms with Gasteiger partial charge in [0.2, 0.25) is 11.3 Å². The van der Waals surface area contributed by atoms with E-state index in [9.17, 15) is 65.9 Å². The van der Waals surface area contributed by atoms with Gasteiger partial charge in [0.1, 0.15) is 0 Å². The average molecular weight is 969 g/mol. The molecule has 8 nitrogen and oxygen atoms in total. The van der Waals surface area contributed by atoms with Gasteiger partial charge in [-0.05, 0) is 52.1 Å². The summed E-state index contributed by atoms with van der Waals surface area (Å²) in [5.74, 6) is -34.9. The highest BCUT2D eigenvalue weighted by atomic mass is 28.5. The summed E-state index contributed by atoms with van der Waals surface area (Å²) in [5.41, 5.74) is -11.2. The van der Waals surface area contributed by atoms with E-state index in [0.29, 0.717) is 0 Å². The van der Waals surface area contributed by atoms with Crippen LogP contribution in [0.4, 0.5) is 74.6 Å². The third kappa shape index (κ3) is 13.1. The molecule has 0 heterocycles. The Morgan fingerprint density at radius 2 is 0.750 bits per heavy atom. The molecule has 0 aromatic heterocycles. The van der Waals surface area contributed by atoms with E-state index in [1.54, 1.807) is 0 Å². The first kappa shape index (κ1) is 58.6. The molecule has 0 radical (unpaired) electrons. The third-order valence-electron chi connectivity index (χ3n) is 9.56. The van der Waals surface area contributed by atoms with Gasteiger partial charge in [-0.15, -0.1) is 0 Å². The Morgan fingerprint density at radius 1 is 0.467 bits per heavy atom. The Labute approximate surface area is 340 Å². The first-order valence-electron chi connectivity index (χ1n) is 18.1. The fourth-order valence-corrected chi connectivity index (χ4v) is 17.5. The quantitative estimate of drug-likeness (QED) is 0.0336. The smallest absolute Gasteiger partial charge is 0.393 e. The molecule has 0 rings (SSSR count). The van der Waals surface area contributed by atoms with Crippen LogP contribution in [0, 0.1) is 0 Å². The van der Waals surface area contributed by atoms with Crippen LogP contribution in [0.3, 0.4) is 0 Å². The third-order valence-corrected chi connectivity index (χ3v) is 21.1. The molecule has 358 valence electrons. The SMILES string of the molecule is CC/C(=N\CCC[Si](OC)(OC)O[Si](C)(CCC(F)(F)F)O[Si](CCC/N=C(\CC)C(C)(F)C(F)(F)C(F)(F)C(C)(F)F)(OC)OC)C(C)(F)C(F)(F)C(F)(F)C(C)(F)F. The zero-order valence-corrected chi connectivity index (χ0v) is 37.8. The van der Waals surface area contributed by atoms with Crippen molar-refractivity contribution in [2.24, 2.45) is 9.98 Å². The van der Waals surface area contributed by atoms with Gasteiger partial charge in [-0.25, -0.2) is 8.78 Å². The maximum atomic E-state index is 15.3. The predicted molar refractivity (Wildman–Crippen MR) is 193 cm³/mol. The van der Waals surface area contributed by atoms with Crippen molar-refractivity contribution in [3.63, 3.8) is 0 Å². The van der Waals surface area contributed by atoms with Gasteiger partial charge in [0.15, 0.2) is 0 Å². The molecule has 0 aliphatic heterocycles. The first-order valence-corrected chi connectivity index (χ1v) is 24.5. The summed E-state index contributed by atoms with van der Waals surface area (Å²) < 4.78 is 274. The Balaban J connectivity index is 6.61. The molecule has 0 fully saturated rings. The van der Waals surface area contributed by atoms with Crippen molar-refractivity contribution < 1.29 is 101 Å². The van der Waals surface area contributed by atoms with Crippen LogP contribution >= 0.6 is 0 Å². The minimum Gasteiger partial charge on any atom is -0.393 e. The molecule has 0 aromatic carbocycles. The zero-order chi connectivity index (χ0) is 47.9. The molecule has 0 spiro atoms. The summed E-state index contributed by atoms with van der Waals surface area (Å²) in [4.78, 5) is 7.20. The van der Waals surface area contributed by atoms with E-state index in [1.807, 2.05) is 0 Å². The van der Waals surface area contributed by atoms with Crippen molar-refractivity contribution in [2.45, 2.75) is 151 Å². The van der Waals surface area contributed by atoms with E-state index in [-0.39, 0.29) is 26.7 Å². The number of hydrogen-bond acceptors (Lipinski definition) is 8. The highest BCUT2D eigenvalue weighted by molar-refractivity contribution is 6.83. The van der Waals surface area contributed by atoms with Crippen LogP contribution < -0.4 is 0 Å². The summed E-state index contributed by atoms with van der Waals surface area (Å²) in [6, 6.07) is -1.73. The van der Waals surface area contributed by atoms with Crippen LogP contribution in [0.1, 0.15) is 73.6 Å². The van der Waals surface area contributed by atoms with E-state index in [1.165, 1.54) is 0 Å². The highest BCUT2D eigenvalue weighted by Crippen LogP contribution is 2.54. The van der Waals surface area contributed by atoms with Gasteiger partial charge < -0.3 is 25.9 Å². The van der Waals surface area contributed by atoms with E-state index in [4.69, 9.17) is 25.9 Å².